The van der Waals surface area contributed by atoms with Crippen LogP contribution in [0, 0.1) is 0 Å². The van der Waals surface area contributed by atoms with Gasteiger partial charge in [0.25, 0.3) is 0 Å². The lowest BCUT2D eigenvalue weighted by Crippen LogP contribution is -2.49. The minimum Gasteiger partial charge on any atom is -0.335 e. The highest BCUT2D eigenvalue weighted by Gasteiger charge is 2.37. The third-order valence-corrected chi connectivity index (χ3v) is 4.37. The van der Waals surface area contributed by atoms with Gasteiger partial charge in [-0.15, -0.1) is 0 Å². The van der Waals surface area contributed by atoms with Crippen molar-refractivity contribution in [3.63, 3.8) is 0 Å². The van der Waals surface area contributed by atoms with Crippen molar-refractivity contribution in [2.45, 2.75) is 50.1 Å². The van der Waals surface area contributed by atoms with Gasteiger partial charge in [0.2, 0.25) is 0 Å². The molecule has 0 bridgehead atoms. The highest BCUT2D eigenvalue weighted by Crippen LogP contribution is 2.39. The molecule has 1 aromatic carbocycles. The first-order chi connectivity index (χ1) is 9.18. The Bertz CT molecular complexity index is 462. The molecule has 3 rings (SSSR count). The van der Waals surface area contributed by atoms with Crippen LogP contribution in [0.2, 0.25) is 5.02 Å². The van der Waals surface area contributed by atoms with Crippen molar-refractivity contribution < 1.29 is 4.79 Å². The molecule has 2 N–H and O–H groups in total. The van der Waals surface area contributed by atoms with Crippen molar-refractivity contribution in [3.05, 3.63) is 34.9 Å². The second kappa shape index (κ2) is 5.04. The number of carbonyl (C=O) groups is 1. The summed E-state index contributed by atoms with van der Waals surface area (Å²) in [7, 11) is 0. The number of halogens is 1. The zero-order valence-electron chi connectivity index (χ0n) is 10.9. The Morgan fingerprint density at radius 3 is 2.37 bits per heavy atom. The first-order valence-corrected chi connectivity index (χ1v) is 7.40. The number of carbonyl (C=O) groups excluding carboxylic acids is 1. The summed E-state index contributed by atoms with van der Waals surface area (Å²) >= 11 is 5.95. The highest BCUT2D eigenvalue weighted by molar-refractivity contribution is 6.30. The van der Waals surface area contributed by atoms with Gasteiger partial charge >= 0.3 is 6.03 Å². The van der Waals surface area contributed by atoms with Crippen LogP contribution >= 0.6 is 11.6 Å². The van der Waals surface area contributed by atoms with Crippen molar-refractivity contribution in [2.24, 2.45) is 0 Å². The Morgan fingerprint density at radius 1 is 1.16 bits per heavy atom. The molecule has 4 heteroatoms. The molecular formula is C15H19ClN2O. The summed E-state index contributed by atoms with van der Waals surface area (Å²) in [5, 5.41) is 6.95. The predicted octanol–water partition coefficient (Wildman–Crippen LogP) is 3.57. The summed E-state index contributed by atoms with van der Waals surface area (Å²) in [5.41, 5.74) is 0.962. The van der Waals surface area contributed by atoms with Gasteiger partial charge in [-0.3, -0.25) is 0 Å². The van der Waals surface area contributed by atoms with Gasteiger partial charge in [-0.05, 0) is 43.4 Å². The number of amides is 2. The van der Waals surface area contributed by atoms with Gasteiger partial charge in [0.1, 0.15) is 0 Å². The van der Waals surface area contributed by atoms with Crippen LogP contribution in [0.4, 0.5) is 4.79 Å². The maximum atomic E-state index is 12.0. The second-order valence-electron chi connectivity index (χ2n) is 5.67. The van der Waals surface area contributed by atoms with Crippen LogP contribution in [0.15, 0.2) is 24.3 Å². The zero-order chi connectivity index (χ0) is 13.3. The molecule has 102 valence electrons. The molecule has 2 saturated carbocycles. The van der Waals surface area contributed by atoms with E-state index in [0.29, 0.717) is 6.04 Å². The third kappa shape index (κ3) is 2.86. The molecule has 0 aliphatic heterocycles. The molecular weight excluding hydrogens is 260 g/mol. The van der Waals surface area contributed by atoms with Gasteiger partial charge in [0.05, 0.1) is 5.54 Å². The van der Waals surface area contributed by atoms with Gasteiger partial charge in [0.15, 0.2) is 0 Å². The van der Waals surface area contributed by atoms with Gasteiger partial charge in [0, 0.05) is 11.1 Å². The van der Waals surface area contributed by atoms with Crippen molar-refractivity contribution in [1.82, 2.24) is 10.6 Å². The third-order valence-electron chi connectivity index (χ3n) is 4.12. The first-order valence-electron chi connectivity index (χ1n) is 7.03. The van der Waals surface area contributed by atoms with Gasteiger partial charge < -0.3 is 10.6 Å². The molecule has 2 aliphatic carbocycles. The Morgan fingerprint density at radius 2 is 1.79 bits per heavy atom. The monoisotopic (exact) mass is 278 g/mol. The minimum absolute atomic E-state index is 0.0284. The van der Waals surface area contributed by atoms with Crippen molar-refractivity contribution in [3.8, 4) is 0 Å². The van der Waals surface area contributed by atoms with Crippen molar-refractivity contribution in [1.29, 1.82) is 0 Å². The van der Waals surface area contributed by atoms with Crippen LogP contribution in [-0.2, 0) is 5.54 Å². The smallest absolute Gasteiger partial charge is 0.315 e. The quantitative estimate of drug-likeness (QED) is 0.872. The fourth-order valence-corrected chi connectivity index (χ4v) is 3.03. The predicted molar refractivity (Wildman–Crippen MR) is 76.3 cm³/mol. The average molecular weight is 279 g/mol. The summed E-state index contributed by atoms with van der Waals surface area (Å²) in [6.07, 6.45) is 6.56. The normalized spacial score (nSPS) is 21.1. The second-order valence-corrected chi connectivity index (χ2v) is 6.11. The lowest BCUT2D eigenvalue weighted by atomic mass is 9.88. The van der Waals surface area contributed by atoms with E-state index in [9.17, 15) is 4.79 Å². The molecule has 3 nitrogen and oxygen atoms in total. The van der Waals surface area contributed by atoms with E-state index in [1.807, 2.05) is 24.3 Å². The summed E-state index contributed by atoms with van der Waals surface area (Å²) < 4.78 is 0. The van der Waals surface area contributed by atoms with Crippen LogP contribution in [0.5, 0.6) is 0 Å². The fourth-order valence-electron chi connectivity index (χ4n) is 2.90. The van der Waals surface area contributed by atoms with Crippen LogP contribution in [0.1, 0.15) is 44.1 Å². The van der Waals surface area contributed by atoms with E-state index >= 15 is 0 Å². The zero-order valence-corrected chi connectivity index (χ0v) is 11.7. The Hall–Kier alpha value is -1.22. The number of rotatable bonds is 3. The van der Waals surface area contributed by atoms with E-state index in [1.54, 1.807) is 0 Å². The van der Waals surface area contributed by atoms with Crippen LogP contribution in [0.3, 0.4) is 0 Å². The Labute approximate surface area is 118 Å². The van der Waals surface area contributed by atoms with E-state index in [4.69, 9.17) is 11.6 Å². The van der Waals surface area contributed by atoms with Gasteiger partial charge in [-0.25, -0.2) is 4.79 Å². The van der Waals surface area contributed by atoms with Crippen molar-refractivity contribution >= 4 is 17.6 Å². The summed E-state index contributed by atoms with van der Waals surface area (Å²) in [6.45, 7) is 0. The number of hydrogen-bond acceptors (Lipinski definition) is 1. The maximum Gasteiger partial charge on any atom is 0.315 e. The molecule has 1 aromatic rings. The van der Waals surface area contributed by atoms with E-state index in [-0.39, 0.29) is 11.6 Å². The molecule has 0 spiro atoms. The molecule has 19 heavy (non-hydrogen) atoms. The lowest BCUT2D eigenvalue weighted by molar-refractivity contribution is 0.224. The van der Waals surface area contributed by atoms with E-state index in [0.717, 1.165) is 43.5 Å². The largest absolute Gasteiger partial charge is 0.335 e. The SMILES string of the molecule is O=C(NC1CC1)NC1(c2ccc(Cl)cc2)CCCC1. The maximum absolute atomic E-state index is 12.0. The molecule has 0 saturated heterocycles. The molecule has 0 atom stereocenters. The number of nitrogens with one attached hydrogen (secondary N) is 2. The molecule has 0 radical (unpaired) electrons. The highest BCUT2D eigenvalue weighted by atomic mass is 35.5. The average Bonchev–Trinajstić information content (AvgIpc) is 3.06. The Kier molecular flexibility index (Phi) is 3.40. The molecule has 2 aliphatic rings. The first kappa shape index (κ1) is 12.8. The van der Waals surface area contributed by atoms with Gasteiger partial charge in [-0.2, -0.15) is 0 Å². The lowest BCUT2D eigenvalue weighted by Gasteiger charge is -2.31. The molecule has 0 unspecified atom stereocenters. The minimum atomic E-state index is -0.205. The van der Waals surface area contributed by atoms with Crippen LogP contribution < -0.4 is 10.6 Å². The van der Waals surface area contributed by atoms with Crippen molar-refractivity contribution in [2.75, 3.05) is 0 Å². The van der Waals surface area contributed by atoms with E-state index < -0.39 is 0 Å². The number of hydrogen-bond donors (Lipinski definition) is 2. The topological polar surface area (TPSA) is 41.1 Å². The standard InChI is InChI=1S/C15H19ClN2O/c16-12-5-3-11(4-6-12)15(9-1-2-10-15)18-14(19)17-13-7-8-13/h3-6,13H,1-2,7-10H2,(H2,17,18,19). The van der Waals surface area contributed by atoms with E-state index in [2.05, 4.69) is 10.6 Å². The van der Waals surface area contributed by atoms with Crippen LogP contribution in [0.25, 0.3) is 0 Å². The fraction of sp³-hybridized carbons (Fsp3) is 0.533. The molecule has 0 heterocycles. The van der Waals surface area contributed by atoms with E-state index in [1.165, 1.54) is 5.56 Å². The Balaban J connectivity index is 1.77. The summed E-state index contributed by atoms with van der Waals surface area (Å²) in [4.78, 5) is 12.0. The number of urea groups is 1. The van der Waals surface area contributed by atoms with Gasteiger partial charge in [-0.1, -0.05) is 36.6 Å². The molecule has 2 amide bonds. The number of benzene rings is 1. The molecule has 0 aromatic heterocycles. The van der Waals surface area contributed by atoms with Crippen LogP contribution in [-0.4, -0.2) is 12.1 Å². The summed E-state index contributed by atoms with van der Waals surface area (Å²) in [6, 6.07) is 8.23. The summed E-state index contributed by atoms with van der Waals surface area (Å²) in [5.74, 6) is 0. The molecule has 2 fully saturated rings.